The van der Waals surface area contributed by atoms with Crippen LogP contribution in [0.4, 0.5) is 8.78 Å². The molecule has 1 saturated heterocycles. The maximum absolute atomic E-state index is 14.6. The molecule has 1 heterocycles. The van der Waals surface area contributed by atoms with Gasteiger partial charge in [0.1, 0.15) is 17.6 Å². The molecule has 1 aromatic rings. The smallest absolute Gasteiger partial charge is 0.398 e. The highest BCUT2D eigenvalue weighted by Gasteiger charge is 2.53. The van der Waals surface area contributed by atoms with Crippen molar-refractivity contribution in [2.24, 2.45) is 0 Å². The number of halogens is 2. The Balaban J connectivity index is 2.35. The standard InChI is InChI=1S/C18H21BF2O3/c1-12(22)6-7-13-8-9-15(20)10-14(13)11-16(21)19-23-17(2,3)18(4,5)24-19/h8-12,22H,1-5H3. The van der Waals surface area contributed by atoms with Crippen molar-refractivity contribution >= 4 is 13.2 Å². The van der Waals surface area contributed by atoms with Gasteiger partial charge in [-0.05, 0) is 64.5 Å². The van der Waals surface area contributed by atoms with Crippen molar-refractivity contribution in [2.45, 2.75) is 51.9 Å². The van der Waals surface area contributed by atoms with E-state index >= 15 is 0 Å². The van der Waals surface area contributed by atoms with Gasteiger partial charge in [0, 0.05) is 5.56 Å². The normalized spacial score (nSPS) is 20.5. The summed E-state index contributed by atoms with van der Waals surface area (Å²) in [5.74, 6) is 4.76. The summed E-state index contributed by atoms with van der Waals surface area (Å²) in [4.78, 5) is 0. The van der Waals surface area contributed by atoms with Crippen LogP contribution in [-0.4, -0.2) is 29.5 Å². The van der Waals surface area contributed by atoms with Gasteiger partial charge in [-0.3, -0.25) is 0 Å². The molecule has 0 radical (unpaired) electrons. The highest BCUT2D eigenvalue weighted by Crippen LogP contribution is 2.39. The highest BCUT2D eigenvalue weighted by atomic mass is 19.1. The third-order valence-corrected chi connectivity index (χ3v) is 4.20. The lowest BCUT2D eigenvalue weighted by Gasteiger charge is -2.32. The van der Waals surface area contributed by atoms with Crippen molar-refractivity contribution in [3.05, 3.63) is 40.9 Å². The molecule has 0 aliphatic carbocycles. The molecule has 1 aliphatic heterocycles. The molecule has 0 aromatic heterocycles. The number of hydrogen-bond acceptors (Lipinski definition) is 3. The summed E-state index contributed by atoms with van der Waals surface area (Å²) in [7, 11) is -1.16. The van der Waals surface area contributed by atoms with Gasteiger partial charge >= 0.3 is 7.12 Å². The minimum atomic E-state index is -1.16. The predicted octanol–water partition coefficient (Wildman–Crippen LogP) is 3.50. The zero-order chi connectivity index (χ0) is 18.1. The molecule has 2 rings (SSSR count). The van der Waals surface area contributed by atoms with Crippen molar-refractivity contribution in [1.29, 1.82) is 0 Å². The van der Waals surface area contributed by atoms with Crippen molar-refractivity contribution in [1.82, 2.24) is 0 Å². The first-order chi connectivity index (χ1) is 11.0. The Hall–Kier alpha value is -1.68. The second-order valence-corrected chi connectivity index (χ2v) is 6.79. The molecule has 1 N–H and O–H groups in total. The zero-order valence-corrected chi connectivity index (χ0v) is 14.5. The minimum Gasteiger partial charge on any atom is -0.398 e. The summed E-state index contributed by atoms with van der Waals surface area (Å²) in [6.07, 6.45) is 0.317. The quantitative estimate of drug-likeness (QED) is 0.665. The van der Waals surface area contributed by atoms with E-state index in [-0.39, 0.29) is 5.56 Å². The van der Waals surface area contributed by atoms with E-state index in [4.69, 9.17) is 9.31 Å². The van der Waals surface area contributed by atoms with Crippen LogP contribution in [0.25, 0.3) is 6.08 Å². The molecule has 1 aliphatic rings. The molecule has 1 fully saturated rings. The van der Waals surface area contributed by atoms with E-state index in [1.54, 1.807) is 0 Å². The summed E-state index contributed by atoms with van der Waals surface area (Å²) in [6, 6.07) is 3.85. The summed E-state index contributed by atoms with van der Waals surface area (Å²) in [5.41, 5.74) is -1.34. The highest BCUT2D eigenvalue weighted by molar-refractivity contribution is 6.54. The Morgan fingerprint density at radius 3 is 2.38 bits per heavy atom. The van der Waals surface area contributed by atoms with Gasteiger partial charge in [0.05, 0.1) is 11.2 Å². The van der Waals surface area contributed by atoms with Crippen LogP contribution in [0.3, 0.4) is 0 Å². The molecule has 128 valence electrons. The van der Waals surface area contributed by atoms with Crippen molar-refractivity contribution < 1.29 is 23.2 Å². The average molecular weight is 334 g/mol. The van der Waals surface area contributed by atoms with Gasteiger partial charge in [-0.15, -0.1) is 0 Å². The van der Waals surface area contributed by atoms with E-state index in [1.165, 1.54) is 25.1 Å². The van der Waals surface area contributed by atoms with Crippen LogP contribution < -0.4 is 0 Å². The Kier molecular flexibility index (Phi) is 5.19. The number of benzene rings is 1. The number of hydrogen-bond donors (Lipinski definition) is 1. The van der Waals surface area contributed by atoms with E-state index in [0.717, 1.165) is 6.08 Å². The monoisotopic (exact) mass is 334 g/mol. The number of aliphatic hydroxyl groups is 1. The first-order valence-corrected chi connectivity index (χ1v) is 7.74. The summed E-state index contributed by atoms with van der Waals surface area (Å²) >= 11 is 0. The molecule has 1 unspecified atom stereocenters. The largest absolute Gasteiger partial charge is 0.525 e. The van der Waals surface area contributed by atoms with Gasteiger partial charge in [-0.2, -0.15) is 0 Å². The van der Waals surface area contributed by atoms with Crippen LogP contribution in [-0.2, 0) is 9.31 Å². The van der Waals surface area contributed by atoms with Gasteiger partial charge in [0.2, 0.25) is 0 Å². The van der Waals surface area contributed by atoms with E-state index in [9.17, 15) is 13.9 Å². The fraction of sp³-hybridized carbons (Fsp3) is 0.444. The van der Waals surface area contributed by atoms with Gasteiger partial charge in [0.15, 0.2) is 0 Å². The van der Waals surface area contributed by atoms with Crippen molar-refractivity contribution in [3.63, 3.8) is 0 Å². The van der Waals surface area contributed by atoms with E-state index in [2.05, 4.69) is 11.8 Å². The molecule has 24 heavy (non-hydrogen) atoms. The van der Waals surface area contributed by atoms with Crippen LogP contribution in [0.15, 0.2) is 23.9 Å². The number of aliphatic hydroxyl groups excluding tert-OH is 1. The van der Waals surface area contributed by atoms with E-state index in [1.807, 2.05) is 27.7 Å². The molecule has 1 aromatic carbocycles. The van der Waals surface area contributed by atoms with Crippen LogP contribution in [0.5, 0.6) is 0 Å². The summed E-state index contributed by atoms with van der Waals surface area (Å²) in [6.45, 7) is 8.80. The molecule has 1 atom stereocenters. The fourth-order valence-corrected chi connectivity index (χ4v) is 2.12. The Bertz CT molecular complexity index is 699. The average Bonchev–Trinajstić information content (AvgIpc) is 2.66. The Morgan fingerprint density at radius 1 is 1.25 bits per heavy atom. The molecule has 0 saturated carbocycles. The van der Waals surface area contributed by atoms with Crippen molar-refractivity contribution in [2.75, 3.05) is 0 Å². The third-order valence-electron chi connectivity index (χ3n) is 4.20. The maximum Gasteiger partial charge on any atom is 0.525 e. The van der Waals surface area contributed by atoms with Gasteiger partial charge in [0.25, 0.3) is 0 Å². The van der Waals surface area contributed by atoms with Gasteiger partial charge < -0.3 is 14.4 Å². The van der Waals surface area contributed by atoms with Crippen LogP contribution >= 0.6 is 0 Å². The maximum atomic E-state index is 14.6. The SMILES string of the molecule is CC(O)C#Cc1ccc(F)cc1C=C(F)B1OC(C)(C)C(C)(C)O1. The molecular weight excluding hydrogens is 313 g/mol. The topological polar surface area (TPSA) is 38.7 Å². The zero-order valence-electron chi connectivity index (χ0n) is 14.5. The second-order valence-electron chi connectivity index (χ2n) is 6.79. The fourth-order valence-electron chi connectivity index (χ4n) is 2.12. The molecule has 0 spiro atoms. The summed E-state index contributed by atoms with van der Waals surface area (Å²) in [5, 5.41) is 9.25. The third kappa shape index (κ3) is 4.04. The molecule has 3 nitrogen and oxygen atoms in total. The van der Waals surface area contributed by atoms with E-state index < -0.39 is 36.0 Å². The van der Waals surface area contributed by atoms with Crippen molar-refractivity contribution in [3.8, 4) is 11.8 Å². The van der Waals surface area contributed by atoms with Crippen LogP contribution in [0.1, 0.15) is 45.7 Å². The van der Waals surface area contributed by atoms with Gasteiger partial charge in [-0.25, -0.2) is 8.78 Å². The lowest BCUT2D eigenvalue weighted by molar-refractivity contribution is 0.00578. The lowest BCUT2D eigenvalue weighted by atomic mass is 9.86. The first kappa shape index (κ1) is 18.7. The van der Waals surface area contributed by atoms with Gasteiger partial charge in [-0.1, -0.05) is 11.8 Å². The second kappa shape index (κ2) is 6.68. The Labute approximate surface area is 141 Å². The summed E-state index contributed by atoms with van der Waals surface area (Å²) < 4.78 is 39.4. The molecule has 0 bridgehead atoms. The number of rotatable bonds is 2. The molecular formula is C18H21BF2O3. The first-order valence-electron chi connectivity index (χ1n) is 7.74. The van der Waals surface area contributed by atoms with E-state index in [0.29, 0.717) is 5.56 Å². The molecule has 0 amide bonds. The van der Waals surface area contributed by atoms with Crippen LogP contribution in [0, 0.1) is 17.7 Å². The Morgan fingerprint density at radius 2 is 1.83 bits per heavy atom. The minimum absolute atomic E-state index is 0.260. The van der Waals surface area contributed by atoms with Crippen LogP contribution in [0.2, 0.25) is 0 Å². The molecule has 6 heteroatoms. The predicted molar refractivity (Wildman–Crippen MR) is 90.1 cm³/mol. The lowest BCUT2D eigenvalue weighted by Crippen LogP contribution is -2.41.